The molecule has 0 spiro atoms. The van der Waals surface area contributed by atoms with Crippen molar-refractivity contribution in [1.82, 2.24) is 0 Å². The first-order valence-corrected chi connectivity index (χ1v) is 7.66. The number of esters is 1. The third-order valence-corrected chi connectivity index (χ3v) is 3.94. The Morgan fingerprint density at radius 2 is 1.95 bits per heavy atom. The zero-order valence-corrected chi connectivity index (χ0v) is 12.7. The lowest BCUT2D eigenvalue weighted by atomic mass is 9.89. The van der Waals surface area contributed by atoms with Gasteiger partial charge in [0.1, 0.15) is 18.5 Å². The number of rotatable bonds is 4. The Morgan fingerprint density at radius 3 is 2.73 bits per heavy atom. The van der Waals surface area contributed by atoms with Crippen molar-refractivity contribution in [3.8, 4) is 5.75 Å². The summed E-state index contributed by atoms with van der Waals surface area (Å²) in [5.74, 6) is 0.663. The Hall–Kier alpha value is -2.29. The number of carbonyl (C=O) groups excluding carboxylic acids is 1. The van der Waals surface area contributed by atoms with E-state index in [0.717, 1.165) is 30.6 Å². The molecule has 1 aliphatic rings. The quantitative estimate of drug-likeness (QED) is 0.807. The number of aryl methyl sites for hydroxylation is 1. The third kappa shape index (κ3) is 3.67. The van der Waals surface area contributed by atoms with Crippen LogP contribution in [0.15, 0.2) is 48.5 Å². The standard InChI is InChI=1S/C19H20O3/c1-14(20)22-19-10-8-16-7-9-18(11-17(16)12-19)21-13-15-5-3-2-4-6-15/h2-7,9,11,19H,8,10,12-13H2,1H3. The van der Waals surface area contributed by atoms with E-state index in [1.165, 1.54) is 18.1 Å². The van der Waals surface area contributed by atoms with Crippen LogP contribution in [0.25, 0.3) is 0 Å². The van der Waals surface area contributed by atoms with E-state index < -0.39 is 0 Å². The van der Waals surface area contributed by atoms with Crippen LogP contribution in [0.2, 0.25) is 0 Å². The van der Waals surface area contributed by atoms with Gasteiger partial charge in [-0.15, -0.1) is 0 Å². The molecule has 1 aliphatic carbocycles. The van der Waals surface area contributed by atoms with Crippen LogP contribution >= 0.6 is 0 Å². The largest absolute Gasteiger partial charge is 0.489 e. The lowest BCUT2D eigenvalue weighted by Gasteiger charge is -2.24. The molecule has 0 saturated carbocycles. The highest BCUT2D eigenvalue weighted by atomic mass is 16.5. The van der Waals surface area contributed by atoms with Gasteiger partial charge >= 0.3 is 5.97 Å². The molecule has 2 aromatic rings. The van der Waals surface area contributed by atoms with Crippen LogP contribution in [0.5, 0.6) is 5.75 Å². The molecule has 0 amide bonds. The van der Waals surface area contributed by atoms with Crippen molar-refractivity contribution in [2.75, 3.05) is 0 Å². The predicted molar refractivity (Wildman–Crippen MR) is 84.8 cm³/mol. The minimum absolute atomic E-state index is 0.00521. The van der Waals surface area contributed by atoms with Crippen molar-refractivity contribution in [3.63, 3.8) is 0 Å². The Labute approximate surface area is 130 Å². The lowest BCUT2D eigenvalue weighted by Crippen LogP contribution is -2.24. The highest BCUT2D eigenvalue weighted by Gasteiger charge is 2.21. The molecule has 1 atom stereocenters. The van der Waals surface area contributed by atoms with Gasteiger partial charge in [0.25, 0.3) is 0 Å². The maximum absolute atomic E-state index is 11.1. The zero-order chi connectivity index (χ0) is 15.4. The molecule has 3 rings (SSSR count). The van der Waals surface area contributed by atoms with E-state index in [1.54, 1.807) is 0 Å². The average Bonchev–Trinajstić information content (AvgIpc) is 2.53. The Morgan fingerprint density at radius 1 is 1.14 bits per heavy atom. The van der Waals surface area contributed by atoms with Gasteiger partial charge in [0.2, 0.25) is 0 Å². The van der Waals surface area contributed by atoms with Gasteiger partial charge in [-0.05, 0) is 41.7 Å². The fourth-order valence-corrected chi connectivity index (χ4v) is 2.87. The molecule has 0 aromatic heterocycles. The number of fused-ring (bicyclic) bond motifs is 1. The normalized spacial score (nSPS) is 16.7. The van der Waals surface area contributed by atoms with Gasteiger partial charge < -0.3 is 9.47 Å². The summed E-state index contributed by atoms with van der Waals surface area (Å²) in [4.78, 5) is 11.1. The fourth-order valence-electron chi connectivity index (χ4n) is 2.87. The van der Waals surface area contributed by atoms with Crippen molar-refractivity contribution in [2.45, 2.75) is 38.9 Å². The van der Waals surface area contributed by atoms with Crippen LogP contribution < -0.4 is 4.74 Å². The molecule has 22 heavy (non-hydrogen) atoms. The van der Waals surface area contributed by atoms with E-state index in [-0.39, 0.29) is 12.1 Å². The van der Waals surface area contributed by atoms with E-state index in [4.69, 9.17) is 9.47 Å². The second kappa shape index (κ2) is 6.65. The summed E-state index contributed by atoms with van der Waals surface area (Å²) in [7, 11) is 0. The van der Waals surface area contributed by atoms with Gasteiger partial charge in [0.05, 0.1) is 0 Å². The number of benzene rings is 2. The van der Waals surface area contributed by atoms with Crippen LogP contribution in [0.1, 0.15) is 30.0 Å². The first-order chi connectivity index (χ1) is 10.7. The average molecular weight is 296 g/mol. The van der Waals surface area contributed by atoms with Gasteiger partial charge in [-0.2, -0.15) is 0 Å². The first-order valence-electron chi connectivity index (χ1n) is 7.66. The van der Waals surface area contributed by atoms with Crippen molar-refractivity contribution in [3.05, 3.63) is 65.2 Å². The Balaban J connectivity index is 1.66. The molecule has 1 unspecified atom stereocenters. The topological polar surface area (TPSA) is 35.5 Å². The monoisotopic (exact) mass is 296 g/mol. The van der Waals surface area contributed by atoms with E-state index in [0.29, 0.717) is 6.61 Å². The van der Waals surface area contributed by atoms with Crippen molar-refractivity contribution < 1.29 is 14.3 Å². The van der Waals surface area contributed by atoms with Crippen molar-refractivity contribution in [2.24, 2.45) is 0 Å². The molecule has 0 N–H and O–H groups in total. The molecule has 0 aliphatic heterocycles. The molecule has 0 heterocycles. The maximum atomic E-state index is 11.1. The van der Waals surface area contributed by atoms with E-state index in [2.05, 4.69) is 24.3 Å². The summed E-state index contributed by atoms with van der Waals surface area (Å²) in [6.07, 6.45) is 2.62. The highest BCUT2D eigenvalue weighted by molar-refractivity contribution is 5.66. The maximum Gasteiger partial charge on any atom is 0.302 e. The van der Waals surface area contributed by atoms with Gasteiger partial charge in [-0.3, -0.25) is 4.79 Å². The highest BCUT2D eigenvalue weighted by Crippen LogP contribution is 2.27. The minimum Gasteiger partial charge on any atom is -0.489 e. The lowest BCUT2D eigenvalue weighted by molar-refractivity contribution is -0.146. The molecular weight excluding hydrogens is 276 g/mol. The molecule has 3 nitrogen and oxygen atoms in total. The molecule has 0 radical (unpaired) electrons. The van der Waals surface area contributed by atoms with Crippen LogP contribution in [-0.2, 0) is 29.0 Å². The van der Waals surface area contributed by atoms with Crippen LogP contribution in [0, 0.1) is 0 Å². The summed E-state index contributed by atoms with van der Waals surface area (Å²) in [6.45, 7) is 2.03. The molecule has 3 heteroatoms. The second-order valence-corrected chi connectivity index (χ2v) is 5.68. The summed E-state index contributed by atoms with van der Waals surface area (Å²) in [5.41, 5.74) is 3.71. The molecular formula is C19H20O3. The van der Waals surface area contributed by atoms with Crippen molar-refractivity contribution >= 4 is 5.97 Å². The van der Waals surface area contributed by atoms with Gasteiger partial charge in [0, 0.05) is 13.3 Å². The summed E-state index contributed by atoms with van der Waals surface area (Å²) < 4.78 is 11.2. The van der Waals surface area contributed by atoms with Gasteiger partial charge in [0.15, 0.2) is 0 Å². The number of ether oxygens (including phenoxy) is 2. The van der Waals surface area contributed by atoms with E-state index in [1.807, 2.05) is 24.3 Å². The van der Waals surface area contributed by atoms with Gasteiger partial charge in [-0.1, -0.05) is 36.4 Å². The van der Waals surface area contributed by atoms with E-state index in [9.17, 15) is 4.79 Å². The SMILES string of the molecule is CC(=O)OC1CCc2ccc(OCc3ccccc3)cc2C1. The summed E-state index contributed by atoms with van der Waals surface area (Å²) in [6, 6.07) is 16.3. The van der Waals surface area contributed by atoms with Gasteiger partial charge in [-0.25, -0.2) is 0 Å². The minimum atomic E-state index is -0.204. The smallest absolute Gasteiger partial charge is 0.302 e. The molecule has 114 valence electrons. The first kappa shape index (κ1) is 14.6. The number of carbonyl (C=O) groups is 1. The van der Waals surface area contributed by atoms with Crippen LogP contribution in [0.3, 0.4) is 0 Å². The summed E-state index contributed by atoms with van der Waals surface area (Å²) >= 11 is 0. The molecule has 0 fully saturated rings. The molecule has 0 saturated heterocycles. The zero-order valence-electron chi connectivity index (χ0n) is 12.7. The summed E-state index contributed by atoms with van der Waals surface area (Å²) in [5, 5.41) is 0. The molecule has 0 bridgehead atoms. The second-order valence-electron chi connectivity index (χ2n) is 5.68. The Bertz CT molecular complexity index is 649. The number of hydrogen-bond donors (Lipinski definition) is 0. The number of hydrogen-bond acceptors (Lipinski definition) is 3. The molecule has 2 aromatic carbocycles. The van der Waals surface area contributed by atoms with Crippen molar-refractivity contribution in [1.29, 1.82) is 0 Å². The fraction of sp³-hybridized carbons (Fsp3) is 0.316. The van der Waals surface area contributed by atoms with Crippen LogP contribution in [-0.4, -0.2) is 12.1 Å². The third-order valence-electron chi connectivity index (χ3n) is 3.94. The van der Waals surface area contributed by atoms with Crippen LogP contribution in [0.4, 0.5) is 0 Å². The Kier molecular flexibility index (Phi) is 4.42. The van der Waals surface area contributed by atoms with E-state index >= 15 is 0 Å². The predicted octanol–water partition coefficient (Wildman–Crippen LogP) is 3.69.